The average molecular weight is 1460 g/mol. The standard InChI is InChI=1S/C107H90BN3O2/c1-65-57-85(68-37-49-76(50-38-68)106(8,9)10)103(86(58-65)69-39-51-77(52-40-69)107(11,12)13)111-94-62-73(71-44-56-100-88(60-71)84-26-17-21-32-98(84)113-100)42-54-90(94)108-89-53-41-72(70-43-55-99-87(59-70)83-25-16-20-31-97(83)112-99)61-93(89)110(95-63-78(64-96(111)101(95)108)109-91-29-18-14-23-81(91)82-24-15-19-30-92(82)109)102-79(66-33-45-74(46-34-66)104(2,3)4)27-22-28-80(102)67-35-47-75(48-36-67)105(5,6)7/h14-64H,1-13H3. The predicted octanol–water partition coefficient (Wildman–Crippen LogP) is 28.2. The highest BCUT2D eigenvalue weighted by molar-refractivity contribution is 7.00. The number of anilines is 6. The van der Waals surface area contributed by atoms with Gasteiger partial charge in [0.05, 0.1) is 28.1 Å². The minimum Gasteiger partial charge on any atom is -0.456 e. The van der Waals surface area contributed by atoms with Crippen LogP contribution in [0.5, 0.6) is 0 Å². The van der Waals surface area contributed by atoms with E-state index in [9.17, 15) is 0 Å². The summed E-state index contributed by atoms with van der Waals surface area (Å²) in [5.41, 5.74) is 36.5. The highest BCUT2D eigenvalue weighted by Crippen LogP contribution is 2.56. The summed E-state index contributed by atoms with van der Waals surface area (Å²) in [4.78, 5) is 5.44. The summed E-state index contributed by atoms with van der Waals surface area (Å²) < 4.78 is 15.7. The van der Waals surface area contributed by atoms with Crippen LogP contribution < -0.4 is 26.2 Å². The normalized spacial score (nSPS) is 13.1. The molecule has 0 atom stereocenters. The maximum atomic E-state index is 6.58. The maximum absolute atomic E-state index is 6.58. The van der Waals surface area contributed by atoms with Gasteiger partial charge in [-0.3, -0.25) is 0 Å². The molecule has 18 aromatic rings. The number of hydrogen-bond donors (Lipinski definition) is 0. The van der Waals surface area contributed by atoms with Gasteiger partial charge in [0, 0.05) is 77.3 Å². The van der Waals surface area contributed by atoms with Gasteiger partial charge in [-0.2, -0.15) is 0 Å². The molecule has 0 amide bonds. The maximum Gasteiger partial charge on any atom is 0.252 e. The van der Waals surface area contributed by atoms with E-state index in [1.165, 1.54) is 55.0 Å². The van der Waals surface area contributed by atoms with Crippen molar-refractivity contribution in [3.63, 3.8) is 0 Å². The van der Waals surface area contributed by atoms with E-state index in [0.717, 1.165) is 161 Å². The van der Waals surface area contributed by atoms with Gasteiger partial charge in [0.2, 0.25) is 0 Å². The molecule has 0 N–H and O–H groups in total. The van der Waals surface area contributed by atoms with Crippen molar-refractivity contribution < 1.29 is 8.83 Å². The summed E-state index contributed by atoms with van der Waals surface area (Å²) >= 11 is 0. The van der Waals surface area contributed by atoms with Gasteiger partial charge in [0.1, 0.15) is 22.3 Å². The van der Waals surface area contributed by atoms with Crippen LogP contribution in [-0.4, -0.2) is 11.3 Å². The van der Waals surface area contributed by atoms with E-state index >= 15 is 0 Å². The van der Waals surface area contributed by atoms with Gasteiger partial charge in [-0.1, -0.05) is 308 Å². The monoisotopic (exact) mass is 1460 g/mol. The summed E-state index contributed by atoms with van der Waals surface area (Å²) in [6, 6.07) is 118. The summed E-state index contributed by atoms with van der Waals surface area (Å²) in [6.45, 7) is 29.7. The topological polar surface area (TPSA) is 37.7 Å². The smallest absolute Gasteiger partial charge is 0.252 e. The molecule has 548 valence electrons. The second-order valence-corrected chi connectivity index (χ2v) is 35.8. The molecule has 6 heteroatoms. The molecule has 0 bridgehead atoms. The van der Waals surface area contributed by atoms with Crippen molar-refractivity contribution in [2.45, 2.75) is 112 Å². The van der Waals surface area contributed by atoms with Crippen LogP contribution in [0.3, 0.4) is 0 Å². The summed E-state index contributed by atoms with van der Waals surface area (Å²) in [5.74, 6) is 0. The lowest BCUT2D eigenvalue weighted by Gasteiger charge is -2.46. The minimum atomic E-state index is -0.296. The number of rotatable bonds is 9. The zero-order chi connectivity index (χ0) is 77.3. The molecule has 0 saturated carbocycles. The fraction of sp³-hybridized carbons (Fsp3) is 0.159. The molecule has 15 aromatic carbocycles. The fourth-order valence-electron chi connectivity index (χ4n) is 18.3. The second-order valence-electron chi connectivity index (χ2n) is 35.8. The first-order valence-corrected chi connectivity index (χ1v) is 40.0. The number of aromatic nitrogens is 1. The highest BCUT2D eigenvalue weighted by atomic mass is 16.3. The van der Waals surface area contributed by atoms with Crippen LogP contribution in [0.1, 0.15) is 111 Å². The lowest BCUT2D eigenvalue weighted by Crippen LogP contribution is -2.61. The van der Waals surface area contributed by atoms with Gasteiger partial charge >= 0.3 is 0 Å². The molecule has 3 aromatic heterocycles. The zero-order valence-corrected chi connectivity index (χ0v) is 66.7. The number of furan rings is 2. The van der Waals surface area contributed by atoms with Crippen LogP contribution in [0.25, 0.3) is 138 Å². The summed E-state index contributed by atoms with van der Waals surface area (Å²) in [6.07, 6.45) is 0. The average Bonchev–Trinajstić information content (AvgIpc) is 0.814. The van der Waals surface area contributed by atoms with Crippen molar-refractivity contribution >= 4 is 123 Å². The van der Waals surface area contributed by atoms with Crippen LogP contribution in [0.4, 0.5) is 34.1 Å². The molecule has 0 radical (unpaired) electrons. The Morgan fingerprint density at radius 2 is 0.575 bits per heavy atom. The lowest BCUT2D eigenvalue weighted by molar-refractivity contribution is 0.590. The lowest BCUT2D eigenvalue weighted by atomic mass is 9.33. The largest absolute Gasteiger partial charge is 0.456 e. The van der Waals surface area contributed by atoms with Crippen LogP contribution in [0.2, 0.25) is 0 Å². The fourth-order valence-corrected chi connectivity index (χ4v) is 18.3. The quantitative estimate of drug-likeness (QED) is 0.135. The molecule has 0 spiro atoms. The molecule has 2 aliphatic heterocycles. The third kappa shape index (κ3) is 11.6. The van der Waals surface area contributed by atoms with E-state index < -0.39 is 0 Å². The Morgan fingerprint density at radius 3 is 0.965 bits per heavy atom. The van der Waals surface area contributed by atoms with Crippen molar-refractivity contribution in [2.24, 2.45) is 0 Å². The van der Waals surface area contributed by atoms with E-state index in [2.05, 4.69) is 414 Å². The Labute approximate surface area is 663 Å². The number of para-hydroxylation sites is 5. The van der Waals surface area contributed by atoms with Gasteiger partial charge in [0.25, 0.3) is 6.71 Å². The molecule has 5 heterocycles. The first-order valence-electron chi connectivity index (χ1n) is 40.0. The number of benzene rings is 15. The molecular weight excluding hydrogens is 1370 g/mol. The van der Waals surface area contributed by atoms with Gasteiger partial charge < -0.3 is 23.2 Å². The molecule has 0 aliphatic carbocycles. The van der Waals surface area contributed by atoms with Gasteiger partial charge in [0.15, 0.2) is 0 Å². The van der Waals surface area contributed by atoms with E-state index in [4.69, 9.17) is 8.83 Å². The number of fused-ring (bicyclic) bond motifs is 13. The van der Waals surface area contributed by atoms with Crippen molar-refractivity contribution in [1.29, 1.82) is 0 Å². The molecule has 20 rings (SSSR count). The van der Waals surface area contributed by atoms with Gasteiger partial charge in [-0.15, -0.1) is 0 Å². The first kappa shape index (κ1) is 69.5. The number of hydrogen-bond acceptors (Lipinski definition) is 4. The Morgan fingerprint density at radius 1 is 0.257 bits per heavy atom. The SMILES string of the molecule is Cc1cc(-c2ccc(C(C)(C)C)cc2)c(N2c3cc(-c4ccc5oc6ccccc6c5c4)ccc3B3c4ccc(-c5ccc6oc7ccccc7c6c5)cc4N(c4c(-c5ccc(C(C)(C)C)cc5)cccc4-c4ccc(C(C)(C)C)cc4)c4cc(-n5c6ccccc6c6ccccc65)cc2c43)c(-c2ccc(C(C)(C)C)cc2)c1. The third-order valence-corrected chi connectivity index (χ3v) is 24.3. The van der Waals surface area contributed by atoms with Crippen LogP contribution >= 0.6 is 0 Å². The Bertz CT molecular complexity index is 6690. The second kappa shape index (κ2) is 25.7. The zero-order valence-electron chi connectivity index (χ0n) is 66.7. The van der Waals surface area contributed by atoms with Gasteiger partial charge in [-0.25, -0.2) is 0 Å². The van der Waals surface area contributed by atoms with Crippen LogP contribution in [0, 0.1) is 6.92 Å². The third-order valence-electron chi connectivity index (χ3n) is 24.3. The molecule has 2 aliphatic rings. The van der Waals surface area contributed by atoms with E-state index in [0.29, 0.717) is 0 Å². The number of nitrogens with zero attached hydrogens (tertiary/aromatic N) is 3. The van der Waals surface area contributed by atoms with Crippen molar-refractivity contribution in [2.75, 3.05) is 9.80 Å². The van der Waals surface area contributed by atoms with Gasteiger partial charge in [-0.05, 0) is 202 Å². The number of aryl methyl sites for hydroxylation is 1. The molecule has 113 heavy (non-hydrogen) atoms. The molecule has 5 nitrogen and oxygen atoms in total. The predicted molar refractivity (Wildman–Crippen MR) is 482 cm³/mol. The van der Waals surface area contributed by atoms with Crippen molar-refractivity contribution in [3.8, 4) is 72.4 Å². The Balaban J connectivity index is 0.966. The van der Waals surface area contributed by atoms with Crippen molar-refractivity contribution in [1.82, 2.24) is 4.57 Å². The highest BCUT2D eigenvalue weighted by Gasteiger charge is 2.46. The van der Waals surface area contributed by atoms with E-state index in [1.54, 1.807) is 0 Å². The molecule has 0 unspecified atom stereocenters. The van der Waals surface area contributed by atoms with Crippen molar-refractivity contribution in [3.05, 3.63) is 337 Å². The van der Waals surface area contributed by atoms with Crippen LogP contribution in [-0.2, 0) is 21.7 Å². The van der Waals surface area contributed by atoms with E-state index in [1.807, 2.05) is 0 Å². The summed E-state index contributed by atoms with van der Waals surface area (Å²) in [7, 11) is 0. The van der Waals surface area contributed by atoms with E-state index in [-0.39, 0.29) is 28.4 Å². The Hall–Kier alpha value is -12.6. The molecule has 0 saturated heterocycles. The van der Waals surface area contributed by atoms with Crippen LogP contribution in [0.15, 0.2) is 318 Å². The molecular formula is C107H90BN3O2. The molecule has 0 fully saturated rings. The minimum absolute atomic E-state index is 0.0680. The Kier molecular flexibility index (Phi) is 15.8. The first-order chi connectivity index (χ1) is 54.4. The summed E-state index contributed by atoms with van der Waals surface area (Å²) in [5, 5.41) is 6.77.